The Bertz CT molecular complexity index is 420. The highest BCUT2D eigenvalue weighted by Gasteiger charge is 2.35. The summed E-state index contributed by atoms with van der Waals surface area (Å²) in [5.41, 5.74) is 0.288. The maximum atomic E-state index is 9.43. The molecule has 0 spiro atoms. The van der Waals surface area contributed by atoms with E-state index in [0.717, 1.165) is 32.0 Å². The first kappa shape index (κ1) is 21.2. The Morgan fingerprint density at radius 1 is 1.12 bits per heavy atom. The van der Waals surface area contributed by atoms with Crippen molar-refractivity contribution >= 4 is 29.9 Å². The predicted octanol–water partition coefficient (Wildman–Crippen LogP) is 2.68. The van der Waals surface area contributed by atoms with Crippen molar-refractivity contribution in [2.24, 2.45) is 10.4 Å². The summed E-state index contributed by atoms with van der Waals surface area (Å²) in [6, 6.07) is 0.710. The molecule has 2 saturated heterocycles. The number of aliphatic hydroxyl groups excluding tert-OH is 1. The lowest BCUT2D eigenvalue weighted by Gasteiger charge is -2.33. The van der Waals surface area contributed by atoms with E-state index in [4.69, 9.17) is 0 Å². The summed E-state index contributed by atoms with van der Waals surface area (Å²) in [6.45, 7) is 6.07. The van der Waals surface area contributed by atoms with E-state index in [1.165, 1.54) is 64.5 Å². The number of nitrogens with one attached hydrogen (secondary N) is 1. The quantitative estimate of drug-likeness (QED) is 0.373. The number of hydrogen-bond acceptors (Lipinski definition) is 3. The van der Waals surface area contributed by atoms with Crippen LogP contribution in [0.15, 0.2) is 4.99 Å². The van der Waals surface area contributed by atoms with Gasteiger partial charge in [0.1, 0.15) is 0 Å². The zero-order valence-electron chi connectivity index (χ0n) is 15.9. The third kappa shape index (κ3) is 5.45. The molecular formula is C19H37IN4O. The van der Waals surface area contributed by atoms with Gasteiger partial charge in [0.05, 0.1) is 0 Å². The predicted molar refractivity (Wildman–Crippen MR) is 115 cm³/mol. The van der Waals surface area contributed by atoms with Crippen molar-refractivity contribution in [2.75, 3.05) is 46.4 Å². The van der Waals surface area contributed by atoms with Crippen molar-refractivity contribution in [1.82, 2.24) is 15.1 Å². The summed E-state index contributed by atoms with van der Waals surface area (Å²) in [7, 11) is 1.91. The summed E-state index contributed by atoms with van der Waals surface area (Å²) in [5.74, 6) is 1.07. The van der Waals surface area contributed by atoms with Crippen molar-refractivity contribution in [3.8, 4) is 0 Å². The number of piperidine rings is 1. The highest BCUT2D eigenvalue weighted by atomic mass is 127. The lowest BCUT2D eigenvalue weighted by molar-refractivity contribution is 0.168. The lowest BCUT2D eigenvalue weighted by atomic mass is 9.83. The van der Waals surface area contributed by atoms with Crippen LogP contribution in [0.5, 0.6) is 0 Å². The minimum absolute atomic E-state index is 0. The maximum absolute atomic E-state index is 9.43. The van der Waals surface area contributed by atoms with E-state index in [1.54, 1.807) is 0 Å². The Morgan fingerprint density at radius 2 is 1.84 bits per heavy atom. The highest BCUT2D eigenvalue weighted by Crippen LogP contribution is 2.40. The molecule has 6 heteroatoms. The van der Waals surface area contributed by atoms with Crippen LogP contribution in [0.2, 0.25) is 0 Å². The second-order valence-electron chi connectivity index (χ2n) is 8.07. The number of aliphatic imine (C=N–C) groups is 1. The molecule has 0 aromatic carbocycles. The van der Waals surface area contributed by atoms with Crippen LogP contribution in [-0.4, -0.2) is 73.3 Å². The van der Waals surface area contributed by atoms with Crippen LogP contribution in [0.1, 0.15) is 57.8 Å². The molecule has 0 amide bonds. The Hall–Kier alpha value is -0.0800. The van der Waals surface area contributed by atoms with Gasteiger partial charge >= 0.3 is 0 Å². The summed E-state index contributed by atoms with van der Waals surface area (Å²) in [6.07, 6.45) is 11.4. The molecule has 25 heavy (non-hydrogen) atoms. The van der Waals surface area contributed by atoms with Gasteiger partial charge in [-0.15, -0.1) is 24.0 Å². The van der Waals surface area contributed by atoms with Crippen molar-refractivity contribution < 1.29 is 5.11 Å². The van der Waals surface area contributed by atoms with Gasteiger partial charge in [0.15, 0.2) is 5.96 Å². The molecule has 0 aromatic heterocycles. The fourth-order valence-corrected chi connectivity index (χ4v) is 4.99. The highest BCUT2D eigenvalue weighted by molar-refractivity contribution is 14.0. The third-order valence-electron chi connectivity index (χ3n) is 6.51. The van der Waals surface area contributed by atoms with Crippen molar-refractivity contribution in [1.29, 1.82) is 0 Å². The van der Waals surface area contributed by atoms with Gasteiger partial charge in [-0.3, -0.25) is 9.89 Å². The van der Waals surface area contributed by atoms with Gasteiger partial charge < -0.3 is 15.3 Å². The molecule has 2 N–H and O–H groups in total. The molecule has 1 saturated carbocycles. The first-order chi connectivity index (χ1) is 11.8. The minimum atomic E-state index is 0. The molecule has 5 nitrogen and oxygen atoms in total. The van der Waals surface area contributed by atoms with E-state index in [1.807, 2.05) is 7.05 Å². The van der Waals surface area contributed by atoms with Crippen LogP contribution in [-0.2, 0) is 0 Å². The topological polar surface area (TPSA) is 51.1 Å². The zero-order chi connectivity index (χ0) is 16.8. The fraction of sp³-hybridized carbons (Fsp3) is 0.947. The Labute approximate surface area is 170 Å². The Balaban J connectivity index is 0.00000225. The monoisotopic (exact) mass is 464 g/mol. The first-order valence-corrected chi connectivity index (χ1v) is 10.1. The number of hydrogen-bond donors (Lipinski definition) is 2. The molecule has 1 unspecified atom stereocenters. The van der Waals surface area contributed by atoms with Crippen molar-refractivity contribution in [2.45, 2.75) is 63.8 Å². The van der Waals surface area contributed by atoms with Crippen LogP contribution in [0.3, 0.4) is 0 Å². The number of guanidine groups is 1. The van der Waals surface area contributed by atoms with Gasteiger partial charge in [-0.1, -0.05) is 19.3 Å². The number of halogens is 1. The molecule has 0 bridgehead atoms. The molecular weight excluding hydrogens is 427 g/mol. The number of likely N-dealkylation sites (tertiary alicyclic amines) is 2. The van der Waals surface area contributed by atoms with Gasteiger partial charge in [-0.25, -0.2) is 0 Å². The van der Waals surface area contributed by atoms with Gasteiger partial charge in [0.2, 0.25) is 0 Å². The van der Waals surface area contributed by atoms with Gasteiger partial charge in [-0.2, -0.15) is 0 Å². The summed E-state index contributed by atoms with van der Waals surface area (Å²) < 4.78 is 0. The van der Waals surface area contributed by atoms with E-state index in [2.05, 4.69) is 20.1 Å². The maximum Gasteiger partial charge on any atom is 0.193 e. The first-order valence-electron chi connectivity index (χ1n) is 10.1. The van der Waals surface area contributed by atoms with Crippen LogP contribution in [0, 0.1) is 5.41 Å². The average molecular weight is 464 g/mol. The third-order valence-corrected chi connectivity index (χ3v) is 6.51. The molecule has 3 fully saturated rings. The fourth-order valence-electron chi connectivity index (χ4n) is 4.99. The number of aliphatic hydroxyl groups is 1. The molecule has 3 rings (SSSR count). The van der Waals surface area contributed by atoms with Crippen LogP contribution in [0.25, 0.3) is 0 Å². The Morgan fingerprint density at radius 3 is 2.48 bits per heavy atom. The summed E-state index contributed by atoms with van der Waals surface area (Å²) in [5, 5.41) is 13.1. The van der Waals surface area contributed by atoms with Gasteiger partial charge in [0.25, 0.3) is 0 Å². The van der Waals surface area contributed by atoms with Crippen LogP contribution >= 0.6 is 24.0 Å². The van der Waals surface area contributed by atoms with Crippen molar-refractivity contribution in [3.05, 3.63) is 0 Å². The second-order valence-corrected chi connectivity index (χ2v) is 8.07. The average Bonchev–Trinajstić information content (AvgIpc) is 3.27. The van der Waals surface area contributed by atoms with Gasteiger partial charge in [0, 0.05) is 39.3 Å². The molecule has 146 valence electrons. The second kappa shape index (κ2) is 10.3. The van der Waals surface area contributed by atoms with Crippen LogP contribution < -0.4 is 5.32 Å². The van der Waals surface area contributed by atoms with Gasteiger partial charge in [-0.05, 0) is 57.0 Å². The molecule has 3 aliphatic rings. The SMILES string of the molecule is CN=C(NCC1(CCO)CCCC1)N1CCC(N2CCCCC2)C1.I. The molecule has 1 aliphatic carbocycles. The van der Waals surface area contributed by atoms with Crippen molar-refractivity contribution in [3.63, 3.8) is 0 Å². The summed E-state index contributed by atoms with van der Waals surface area (Å²) in [4.78, 5) is 9.69. The minimum Gasteiger partial charge on any atom is -0.396 e. The molecule has 0 radical (unpaired) electrons. The van der Waals surface area contributed by atoms with E-state index in [0.29, 0.717) is 12.6 Å². The Kier molecular flexibility index (Phi) is 8.75. The van der Waals surface area contributed by atoms with E-state index in [9.17, 15) is 5.11 Å². The number of rotatable bonds is 5. The standard InChI is InChI=1S/C19H36N4O.HI/c1-20-18(21-16-19(10-14-24)8-3-4-9-19)23-13-7-17(15-23)22-11-5-2-6-12-22;/h17,24H,2-16H2,1H3,(H,20,21);1H. The number of nitrogens with zero attached hydrogens (tertiary/aromatic N) is 3. The summed E-state index contributed by atoms with van der Waals surface area (Å²) >= 11 is 0. The van der Waals surface area contributed by atoms with E-state index >= 15 is 0 Å². The van der Waals surface area contributed by atoms with E-state index < -0.39 is 0 Å². The smallest absolute Gasteiger partial charge is 0.193 e. The zero-order valence-corrected chi connectivity index (χ0v) is 18.2. The normalized spacial score (nSPS) is 27.4. The molecule has 1 atom stereocenters. The molecule has 2 aliphatic heterocycles. The lowest BCUT2D eigenvalue weighted by Crippen LogP contribution is -2.47. The van der Waals surface area contributed by atoms with E-state index in [-0.39, 0.29) is 29.4 Å². The van der Waals surface area contributed by atoms with Crippen LogP contribution in [0.4, 0.5) is 0 Å². The molecule has 0 aromatic rings. The molecule has 2 heterocycles. The largest absolute Gasteiger partial charge is 0.396 e.